The summed E-state index contributed by atoms with van der Waals surface area (Å²) in [6.07, 6.45) is 4.28. The molecule has 0 saturated carbocycles. The van der Waals surface area contributed by atoms with Crippen molar-refractivity contribution in [3.8, 4) is 6.07 Å². The van der Waals surface area contributed by atoms with E-state index in [1.54, 1.807) is 11.3 Å². The van der Waals surface area contributed by atoms with Gasteiger partial charge in [-0.25, -0.2) is 0 Å². The average molecular weight is 371 g/mol. The molecule has 0 bridgehead atoms. The maximum Gasteiger partial charge on any atom is 0.302 e. The van der Waals surface area contributed by atoms with Gasteiger partial charge in [0.25, 0.3) is 0 Å². The molecule has 0 aliphatic heterocycles. The Bertz CT molecular complexity index is 718. The van der Waals surface area contributed by atoms with Crippen molar-refractivity contribution in [1.82, 2.24) is 0 Å². The highest BCUT2D eigenvalue weighted by Gasteiger charge is 2.21. The largest absolute Gasteiger partial charge is 0.466 e. The minimum absolute atomic E-state index is 0.202. The summed E-state index contributed by atoms with van der Waals surface area (Å²) in [5.41, 5.74) is 2.11. The van der Waals surface area contributed by atoms with Crippen molar-refractivity contribution in [2.24, 2.45) is 0 Å². The van der Waals surface area contributed by atoms with Crippen molar-refractivity contribution in [3.63, 3.8) is 0 Å². The molecule has 0 spiro atoms. The number of nitrogens with zero attached hydrogens (tertiary/aromatic N) is 1. The summed E-state index contributed by atoms with van der Waals surface area (Å²) in [5.74, 6) is -0.202. The standard InChI is InChI=1S/C20H24NO2SSi/c1-16-7-9-19(10-8-16)25(20-18(15-21)11-13-24-20)14-6-4-3-5-12-23-17(2)22/h7-11,13H,3-6,12,14H2,1-2H3. The van der Waals surface area contributed by atoms with Crippen molar-refractivity contribution >= 4 is 35.8 Å². The van der Waals surface area contributed by atoms with Crippen LogP contribution in [0.3, 0.4) is 0 Å². The van der Waals surface area contributed by atoms with E-state index in [9.17, 15) is 10.1 Å². The van der Waals surface area contributed by atoms with Gasteiger partial charge in [0, 0.05) is 11.4 Å². The second-order valence-electron chi connectivity index (χ2n) is 6.12. The van der Waals surface area contributed by atoms with Gasteiger partial charge in [0.2, 0.25) is 0 Å². The van der Waals surface area contributed by atoms with Crippen LogP contribution in [0.2, 0.25) is 6.04 Å². The minimum Gasteiger partial charge on any atom is -0.466 e. The van der Waals surface area contributed by atoms with Crippen LogP contribution in [0, 0.1) is 18.3 Å². The molecule has 5 heteroatoms. The summed E-state index contributed by atoms with van der Waals surface area (Å²) in [5, 5.41) is 12.8. The normalized spacial score (nSPS) is 10.6. The summed E-state index contributed by atoms with van der Waals surface area (Å²) in [6, 6.07) is 14.2. The van der Waals surface area contributed by atoms with Gasteiger partial charge in [-0.05, 0) is 30.8 Å². The van der Waals surface area contributed by atoms with E-state index in [0.29, 0.717) is 6.61 Å². The van der Waals surface area contributed by atoms with Crippen LogP contribution in [0.5, 0.6) is 0 Å². The van der Waals surface area contributed by atoms with Crippen LogP contribution >= 0.6 is 11.3 Å². The minimum atomic E-state index is -0.910. The Morgan fingerprint density at radius 2 is 1.88 bits per heavy atom. The highest BCUT2D eigenvalue weighted by molar-refractivity contribution is 7.24. The number of benzene rings is 1. The predicted octanol–water partition coefficient (Wildman–Crippen LogP) is 3.66. The lowest BCUT2D eigenvalue weighted by molar-refractivity contribution is -0.141. The highest BCUT2D eigenvalue weighted by Crippen LogP contribution is 2.13. The zero-order valence-electron chi connectivity index (χ0n) is 14.9. The third-order valence-corrected chi connectivity index (χ3v) is 8.61. The van der Waals surface area contributed by atoms with E-state index in [2.05, 4.69) is 37.3 Å². The number of carbonyl (C=O) groups is 1. The van der Waals surface area contributed by atoms with Crippen molar-refractivity contribution in [1.29, 1.82) is 5.26 Å². The molecule has 131 valence electrons. The van der Waals surface area contributed by atoms with E-state index in [4.69, 9.17) is 4.74 Å². The SMILES string of the molecule is CC(=O)OCCCCCC[Si](c1ccc(C)cc1)c1sccc1C#N. The number of hydrogen-bond acceptors (Lipinski definition) is 4. The lowest BCUT2D eigenvalue weighted by Crippen LogP contribution is -2.41. The molecule has 3 nitrogen and oxygen atoms in total. The zero-order valence-corrected chi connectivity index (χ0v) is 16.7. The molecule has 0 unspecified atom stereocenters. The van der Waals surface area contributed by atoms with Gasteiger partial charge in [-0.2, -0.15) is 16.6 Å². The van der Waals surface area contributed by atoms with E-state index in [1.807, 2.05) is 11.4 Å². The number of unbranched alkanes of at least 4 members (excludes halogenated alkanes) is 3. The fraction of sp³-hybridized carbons (Fsp3) is 0.400. The van der Waals surface area contributed by atoms with Crippen molar-refractivity contribution < 1.29 is 9.53 Å². The molecule has 1 aromatic heterocycles. The Morgan fingerprint density at radius 1 is 1.16 bits per heavy atom. The first kappa shape index (κ1) is 19.4. The van der Waals surface area contributed by atoms with Crippen LogP contribution in [0.1, 0.15) is 43.7 Å². The Hall–Kier alpha value is -1.90. The van der Waals surface area contributed by atoms with Crippen LogP contribution in [-0.2, 0) is 9.53 Å². The molecule has 0 saturated heterocycles. The number of rotatable bonds is 9. The summed E-state index contributed by atoms with van der Waals surface area (Å²) >= 11 is 1.72. The molecule has 1 aromatic carbocycles. The second kappa shape index (κ2) is 10.2. The zero-order chi connectivity index (χ0) is 18.1. The molecule has 0 aliphatic rings. The second-order valence-corrected chi connectivity index (χ2v) is 9.94. The molecular formula is C20H24NO2SSi. The number of hydrogen-bond donors (Lipinski definition) is 0. The molecule has 0 aliphatic carbocycles. The fourth-order valence-corrected chi connectivity index (χ4v) is 7.18. The van der Waals surface area contributed by atoms with Gasteiger partial charge < -0.3 is 4.74 Å². The third-order valence-electron chi connectivity index (χ3n) is 4.09. The van der Waals surface area contributed by atoms with Crippen LogP contribution in [0.25, 0.3) is 0 Å². The van der Waals surface area contributed by atoms with Crippen LogP contribution in [-0.4, -0.2) is 21.4 Å². The molecule has 0 atom stereocenters. The summed E-state index contributed by atoms with van der Waals surface area (Å²) in [4.78, 5) is 10.8. The maximum atomic E-state index is 10.8. The summed E-state index contributed by atoms with van der Waals surface area (Å²) < 4.78 is 6.25. The predicted molar refractivity (Wildman–Crippen MR) is 105 cm³/mol. The molecule has 0 fully saturated rings. The molecule has 1 heterocycles. The van der Waals surface area contributed by atoms with Crippen LogP contribution in [0.15, 0.2) is 35.7 Å². The smallest absolute Gasteiger partial charge is 0.302 e. The van der Waals surface area contributed by atoms with Crippen LogP contribution in [0.4, 0.5) is 0 Å². The van der Waals surface area contributed by atoms with Gasteiger partial charge in [0.1, 0.15) is 8.80 Å². The molecule has 0 N–H and O–H groups in total. The Morgan fingerprint density at radius 3 is 2.56 bits per heavy atom. The van der Waals surface area contributed by atoms with Crippen molar-refractivity contribution in [2.75, 3.05) is 6.61 Å². The topological polar surface area (TPSA) is 50.1 Å². The van der Waals surface area contributed by atoms with Gasteiger partial charge >= 0.3 is 5.97 Å². The van der Waals surface area contributed by atoms with Crippen molar-refractivity contribution in [3.05, 3.63) is 46.8 Å². The summed E-state index contributed by atoms with van der Waals surface area (Å²) in [6.45, 7) is 4.07. The number of aryl methyl sites for hydroxylation is 1. The van der Waals surface area contributed by atoms with Crippen LogP contribution < -0.4 is 9.69 Å². The number of ether oxygens (including phenoxy) is 1. The van der Waals surface area contributed by atoms with Gasteiger partial charge in [0.15, 0.2) is 0 Å². The van der Waals surface area contributed by atoms with Gasteiger partial charge in [0.05, 0.1) is 18.2 Å². The first-order valence-corrected chi connectivity index (χ1v) is 11.2. The average Bonchev–Trinajstić information content (AvgIpc) is 3.06. The van der Waals surface area contributed by atoms with E-state index < -0.39 is 8.80 Å². The third kappa shape index (κ3) is 6.15. The van der Waals surface area contributed by atoms with E-state index in [-0.39, 0.29) is 5.97 Å². The molecule has 2 rings (SSSR count). The summed E-state index contributed by atoms with van der Waals surface area (Å²) in [7, 11) is -0.910. The number of carbonyl (C=O) groups excluding carboxylic acids is 1. The quantitative estimate of drug-likeness (QED) is 0.384. The molecule has 2 aromatic rings. The monoisotopic (exact) mass is 370 g/mol. The van der Waals surface area contributed by atoms with E-state index >= 15 is 0 Å². The highest BCUT2D eigenvalue weighted by atomic mass is 32.1. The number of nitriles is 1. The Kier molecular flexibility index (Phi) is 7.90. The lowest BCUT2D eigenvalue weighted by atomic mass is 10.2. The van der Waals surface area contributed by atoms with Crippen molar-refractivity contribution in [2.45, 2.75) is 45.6 Å². The number of esters is 1. The van der Waals surface area contributed by atoms with E-state index in [0.717, 1.165) is 37.3 Å². The fourth-order valence-electron chi connectivity index (χ4n) is 2.75. The van der Waals surface area contributed by atoms with E-state index in [1.165, 1.54) is 22.2 Å². The van der Waals surface area contributed by atoms with Gasteiger partial charge in [-0.3, -0.25) is 4.79 Å². The maximum absolute atomic E-state index is 10.8. The first-order valence-electron chi connectivity index (χ1n) is 8.66. The Labute approximate surface area is 155 Å². The Balaban J connectivity index is 1.95. The lowest BCUT2D eigenvalue weighted by Gasteiger charge is -2.15. The van der Waals surface area contributed by atoms with Gasteiger partial charge in [-0.1, -0.05) is 54.3 Å². The molecule has 25 heavy (non-hydrogen) atoms. The molecule has 1 radical (unpaired) electrons. The number of thiophene rings is 1. The van der Waals surface area contributed by atoms with Gasteiger partial charge in [-0.15, -0.1) is 0 Å². The first-order chi connectivity index (χ1) is 12.1. The molecule has 0 amide bonds. The molecular weight excluding hydrogens is 346 g/mol.